The van der Waals surface area contributed by atoms with E-state index >= 15 is 0 Å². The minimum atomic E-state index is -1.01. The number of nitrogens with zero attached hydrogens (tertiary/aromatic N) is 1. The van der Waals surface area contributed by atoms with Crippen LogP contribution in [0.3, 0.4) is 0 Å². The number of ketones is 1. The van der Waals surface area contributed by atoms with Crippen LogP contribution in [-0.4, -0.2) is 47.4 Å². The fourth-order valence-corrected chi connectivity index (χ4v) is 2.87. The van der Waals surface area contributed by atoms with Crippen LogP contribution in [0.5, 0.6) is 0 Å². The van der Waals surface area contributed by atoms with Crippen molar-refractivity contribution in [3.63, 3.8) is 0 Å². The lowest BCUT2D eigenvalue weighted by Crippen LogP contribution is -2.33. The van der Waals surface area contributed by atoms with E-state index in [-0.39, 0.29) is 24.9 Å². The van der Waals surface area contributed by atoms with E-state index in [0.29, 0.717) is 25.8 Å². The number of Topliss-reactive ketones (excluding diaryl/α,β-unsaturated/α-hetero) is 1. The van der Waals surface area contributed by atoms with Crippen LogP contribution in [0, 0.1) is 0 Å². The number of carboxylic acid groups (broad SMARTS) is 1. The maximum atomic E-state index is 12.2. The summed E-state index contributed by atoms with van der Waals surface area (Å²) >= 11 is 0. The molecular weight excluding hydrogens is 346 g/mol. The summed E-state index contributed by atoms with van der Waals surface area (Å²) in [4.78, 5) is 36.5. The molecule has 1 amide bonds. The molecule has 0 spiro atoms. The van der Waals surface area contributed by atoms with E-state index in [1.807, 2.05) is 36.4 Å². The van der Waals surface area contributed by atoms with E-state index in [1.54, 1.807) is 17.1 Å². The van der Waals surface area contributed by atoms with Crippen molar-refractivity contribution < 1.29 is 24.2 Å². The number of carbonyl (C=O) groups excluding carboxylic acids is 2. The zero-order valence-corrected chi connectivity index (χ0v) is 15.3. The van der Waals surface area contributed by atoms with Gasteiger partial charge in [-0.15, -0.1) is 0 Å². The number of ether oxygens (including phenoxy) is 1. The van der Waals surface area contributed by atoms with Crippen molar-refractivity contribution in [1.29, 1.82) is 0 Å². The van der Waals surface area contributed by atoms with Crippen LogP contribution in [0.2, 0.25) is 0 Å². The molecule has 0 aliphatic carbocycles. The van der Waals surface area contributed by atoms with E-state index in [0.717, 1.165) is 24.1 Å². The summed E-state index contributed by atoms with van der Waals surface area (Å²) in [7, 11) is 0. The van der Waals surface area contributed by atoms with Crippen molar-refractivity contribution in [1.82, 2.24) is 4.90 Å². The second kappa shape index (κ2) is 11.1. The molecule has 6 heteroatoms. The summed E-state index contributed by atoms with van der Waals surface area (Å²) < 4.78 is 4.92. The van der Waals surface area contributed by atoms with Crippen molar-refractivity contribution in [3.05, 3.63) is 59.8 Å². The Morgan fingerprint density at radius 1 is 1.15 bits per heavy atom. The number of rotatable bonds is 10. The Morgan fingerprint density at radius 2 is 1.93 bits per heavy atom. The summed E-state index contributed by atoms with van der Waals surface area (Å²) in [5.74, 6) is -0.858. The number of benzene rings is 1. The summed E-state index contributed by atoms with van der Waals surface area (Å²) in [6.07, 6.45) is 8.09. The van der Waals surface area contributed by atoms with Crippen LogP contribution in [0.15, 0.2) is 54.3 Å². The third kappa shape index (κ3) is 7.58. The largest absolute Gasteiger partial charge is 0.480 e. The van der Waals surface area contributed by atoms with E-state index in [2.05, 4.69) is 0 Å². The Morgan fingerprint density at radius 3 is 2.67 bits per heavy atom. The van der Waals surface area contributed by atoms with Crippen LogP contribution < -0.4 is 0 Å². The van der Waals surface area contributed by atoms with Gasteiger partial charge in [0.2, 0.25) is 5.91 Å². The third-order valence-corrected chi connectivity index (χ3v) is 4.18. The molecule has 0 saturated carbocycles. The molecule has 1 fully saturated rings. The molecule has 0 bridgehead atoms. The number of carboxylic acids is 1. The van der Waals surface area contributed by atoms with Crippen molar-refractivity contribution in [2.45, 2.75) is 32.1 Å². The fourth-order valence-electron chi connectivity index (χ4n) is 2.87. The zero-order valence-electron chi connectivity index (χ0n) is 15.3. The molecule has 1 aliphatic rings. The Labute approximate surface area is 159 Å². The number of hydrogen-bond donors (Lipinski definition) is 1. The number of likely N-dealkylation sites (tertiary alicyclic amines) is 1. The Bertz CT molecular complexity index is 709. The molecule has 0 atom stereocenters. The van der Waals surface area contributed by atoms with E-state index in [1.165, 1.54) is 0 Å². The van der Waals surface area contributed by atoms with Gasteiger partial charge >= 0.3 is 5.97 Å². The van der Waals surface area contributed by atoms with Gasteiger partial charge in [0.15, 0.2) is 0 Å². The lowest BCUT2D eigenvalue weighted by atomic mass is 10.0. The molecule has 27 heavy (non-hydrogen) atoms. The highest BCUT2D eigenvalue weighted by molar-refractivity contribution is 5.83. The summed E-state index contributed by atoms with van der Waals surface area (Å²) in [5.41, 5.74) is 1.87. The van der Waals surface area contributed by atoms with Crippen LogP contribution in [0.1, 0.15) is 31.2 Å². The number of piperidine rings is 1. The molecule has 1 heterocycles. The van der Waals surface area contributed by atoms with Gasteiger partial charge in [0.05, 0.1) is 6.61 Å². The first-order valence-corrected chi connectivity index (χ1v) is 9.06. The normalized spacial score (nSPS) is 16.2. The first kappa shape index (κ1) is 20.6. The highest BCUT2D eigenvalue weighted by atomic mass is 16.5. The molecule has 6 nitrogen and oxygen atoms in total. The lowest BCUT2D eigenvalue weighted by Gasteiger charge is -2.29. The van der Waals surface area contributed by atoms with Gasteiger partial charge in [0, 0.05) is 31.5 Å². The number of carbonyl (C=O) groups is 3. The van der Waals surface area contributed by atoms with Crippen molar-refractivity contribution in [2.24, 2.45) is 0 Å². The van der Waals surface area contributed by atoms with Gasteiger partial charge in [-0.1, -0.05) is 48.6 Å². The molecule has 1 aliphatic heterocycles. The predicted molar refractivity (Wildman–Crippen MR) is 101 cm³/mol. The highest BCUT2D eigenvalue weighted by Crippen LogP contribution is 2.22. The van der Waals surface area contributed by atoms with Gasteiger partial charge in [0.1, 0.15) is 12.4 Å². The summed E-state index contributed by atoms with van der Waals surface area (Å²) in [6, 6.07) is 9.60. The third-order valence-electron chi connectivity index (χ3n) is 4.18. The maximum absolute atomic E-state index is 12.2. The molecule has 1 aromatic carbocycles. The second-order valence-electron chi connectivity index (χ2n) is 6.34. The van der Waals surface area contributed by atoms with Gasteiger partial charge in [-0.05, 0) is 18.4 Å². The van der Waals surface area contributed by atoms with Crippen LogP contribution in [0.4, 0.5) is 0 Å². The monoisotopic (exact) mass is 371 g/mol. The number of aliphatic carboxylic acids is 1. The molecule has 0 aromatic heterocycles. The van der Waals surface area contributed by atoms with E-state index in [4.69, 9.17) is 9.84 Å². The van der Waals surface area contributed by atoms with Gasteiger partial charge in [0.25, 0.3) is 0 Å². The number of allylic oxidation sites excluding steroid dienone is 2. The zero-order chi connectivity index (χ0) is 19.5. The fraction of sp³-hybridized carbons (Fsp3) is 0.381. The van der Waals surface area contributed by atoms with Gasteiger partial charge in [-0.25, -0.2) is 4.79 Å². The molecule has 1 N–H and O–H groups in total. The van der Waals surface area contributed by atoms with Crippen molar-refractivity contribution >= 4 is 17.7 Å². The predicted octanol–water partition coefficient (Wildman–Crippen LogP) is 2.74. The van der Waals surface area contributed by atoms with Gasteiger partial charge in [-0.2, -0.15) is 0 Å². The Kier molecular flexibility index (Phi) is 8.45. The molecule has 1 aromatic rings. The smallest absolute Gasteiger partial charge is 0.329 e. The first-order valence-electron chi connectivity index (χ1n) is 9.06. The van der Waals surface area contributed by atoms with Gasteiger partial charge in [-0.3, -0.25) is 9.59 Å². The van der Waals surface area contributed by atoms with Crippen LogP contribution in [-0.2, 0) is 25.5 Å². The molecule has 1 saturated heterocycles. The second-order valence-corrected chi connectivity index (χ2v) is 6.34. The van der Waals surface area contributed by atoms with E-state index in [9.17, 15) is 14.4 Å². The average Bonchev–Trinajstić information content (AvgIpc) is 2.65. The number of hydrogen-bond acceptors (Lipinski definition) is 4. The SMILES string of the molecule is O=C(O)COCC=CCN1C(=O)CCCC1=CCC(=O)Cc1ccccc1. The molecule has 0 unspecified atom stereocenters. The summed E-state index contributed by atoms with van der Waals surface area (Å²) in [6.45, 7) is 0.235. The summed E-state index contributed by atoms with van der Waals surface area (Å²) in [5, 5.41) is 8.50. The first-order chi connectivity index (χ1) is 13.1. The molecule has 0 radical (unpaired) electrons. The minimum Gasteiger partial charge on any atom is -0.480 e. The number of amides is 1. The minimum absolute atomic E-state index is 0.0408. The quantitative estimate of drug-likeness (QED) is 0.505. The van der Waals surface area contributed by atoms with Crippen molar-refractivity contribution in [3.8, 4) is 0 Å². The average molecular weight is 371 g/mol. The van der Waals surface area contributed by atoms with Gasteiger partial charge < -0.3 is 14.7 Å². The highest BCUT2D eigenvalue weighted by Gasteiger charge is 2.21. The topological polar surface area (TPSA) is 83.9 Å². The maximum Gasteiger partial charge on any atom is 0.329 e. The Balaban J connectivity index is 1.87. The molecule has 144 valence electrons. The van der Waals surface area contributed by atoms with Crippen LogP contribution in [0.25, 0.3) is 0 Å². The van der Waals surface area contributed by atoms with E-state index < -0.39 is 5.97 Å². The standard InChI is InChI=1S/C21H25NO5/c23-19(15-17-7-2-1-3-8-17)12-11-18-9-6-10-20(24)22(18)13-4-5-14-27-16-21(25)26/h1-5,7-8,11H,6,9-10,12-16H2,(H,25,26). The lowest BCUT2D eigenvalue weighted by molar-refractivity contribution is -0.141. The molecule has 2 rings (SSSR count). The Hall–Kier alpha value is -2.73. The molecular formula is C21H25NO5. The van der Waals surface area contributed by atoms with Crippen molar-refractivity contribution in [2.75, 3.05) is 19.8 Å². The van der Waals surface area contributed by atoms with Crippen LogP contribution >= 0.6 is 0 Å².